The monoisotopic (exact) mass is 467 g/mol. The van der Waals surface area contributed by atoms with Gasteiger partial charge in [-0.15, -0.1) is 0 Å². The fourth-order valence-corrected chi connectivity index (χ4v) is 6.33. The van der Waals surface area contributed by atoms with Gasteiger partial charge in [0.25, 0.3) is 0 Å². The van der Waals surface area contributed by atoms with Crippen LogP contribution in [-0.2, 0) is 14.2 Å². The Morgan fingerprint density at radius 2 is 1.36 bits per heavy atom. The second-order valence-corrected chi connectivity index (χ2v) is 12.2. The summed E-state index contributed by atoms with van der Waals surface area (Å²) < 4.78 is 18.5. The summed E-state index contributed by atoms with van der Waals surface area (Å²) in [7, 11) is 0. The van der Waals surface area contributed by atoms with Gasteiger partial charge < -0.3 is 14.2 Å². The molecule has 3 fully saturated rings. The SMILES string of the molecule is CC(C)N1C[C@H](CC(C)(C)N2C[C@@H](CCC(C)N3C[C@H](C)OC[C@@H]3C)OC[C@@H]2C)OC[C@H]1C. The van der Waals surface area contributed by atoms with Crippen LogP contribution < -0.4 is 0 Å². The molecular formula is C27H53N3O3. The Morgan fingerprint density at radius 1 is 0.758 bits per heavy atom. The smallest absolute Gasteiger partial charge is 0.0720 e. The standard InChI is InChI=1S/C27H53N3O3/c1-19(2)28-14-26(33-17-21(28)4)12-27(8,9)30-15-25(32-18-23(30)6)11-10-20(3)29-13-24(7)31-16-22(29)5/h19-26H,10-18H2,1-9H3/t20?,21-,22+,23+,24+,25-,26+/m1/s1. The molecule has 0 aliphatic carbocycles. The zero-order chi connectivity index (χ0) is 24.3. The largest absolute Gasteiger partial charge is 0.376 e. The first kappa shape index (κ1) is 27.3. The first-order valence-electron chi connectivity index (χ1n) is 13.6. The zero-order valence-electron chi connectivity index (χ0n) is 23.0. The second kappa shape index (κ2) is 11.7. The molecule has 0 aromatic carbocycles. The molecule has 0 N–H and O–H groups in total. The van der Waals surface area contributed by atoms with Crippen LogP contribution in [0.3, 0.4) is 0 Å². The van der Waals surface area contributed by atoms with Gasteiger partial charge in [-0.2, -0.15) is 0 Å². The van der Waals surface area contributed by atoms with Crippen LogP contribution in [0.1, 0.15) is 81.6 Å². The lowest BCUT2D eigenvalue weighted by Gasteiger charge is -2.50. The third-order valence-electron chi connectivity index (χ3n) is 8.36. The van der Waals surface area contributed by atoms with Crippen molar-refractivity contribution in [1.82, 2.24) is 14.7 Å². The van der Waals surface area contributed by atoms with Crippen molar-refractivity contribution in [3.63, 3.8) is 0 Å². The lowest BCUT2D eigenvalue weighted by atomic mass is 9.90. The van der Waals surface area contributed by atoms with Gasteiger partial charge in [-0.1, -0.05) is 0 Å². The molecular weight excluding hydrogens is 414 g/mol. The Hall–Kier alpha value is -0.240. The normalized spacial score (nSPS) is 36.9. The predicted octanol–water partition coefficient (Wildman–Crippen LogP) is 4.02. The van der Waals surface area contributed by atoms with Crippen molar-refractivity contribution in [2.45, 2.75) is 136 Å². The van der Waals surface area contributed by atoms with Crippen molar-refractivity contribution in [3.05, 3.63) is 0 Å². The molecule has 194 valence electrons. The summed E-state index contributed by atoms with van der Waals surface area (Å²) in [6.45, 7) is 26.5. The van der Waals surface area contributed by atoms with E-state index in [4.69, 9.17) is 14.2 Å². The summed E-state index contributed by atoms with van der Waals surface area (Å²) in [5.41, 5.74) is 0.0924. The Kier molecular flexibility index (Phi) is 9.67. The van der Waals surface area contributed by atoms with Gasteiger partial charge in [-0.3, -0.25) is 14.7 Å². The fraction of sp³-hybridized carbons (Fsp3) is 1.00. The zero-order valence-corrected chi connectivity index (χ0v) is 23.0. The van der Waals surface area contributed by atoms with Crippen LogP contribution in [0.5, 0.6) is 0 Å². The summed E-state index contributed by atoms with van der Waals surface area (Å²) in [6.07, 6.45) is 4.32. The third-order valence-corrected chi connectivity index (χ3v) is 8.36. The summed E-state index contributed by atoms with van der Waals surface area (Å²) in [4.78, 5) is 7.93. The van der Waals surface area contributed by atoms with E-state index in [-0.39, 0.29) is 5.54 Å². The molecule has 0 amide bonds. The van der Waals surface area contributed by atoms with Crippen molar-refractivity contribution < 1.29 is 14.2 Å². The molecule has 0 saturated carbocycles. The Balaban J connectivity index is 1.53. The number of morpholine rings is 3. The van der Waals surface area contributed by atoms with Gasteiger partial charge in [-0.05, 0) is 81.6 Å². The van der Waals surface area contributed by atoms with Crippen molar-refractivity contribution >= 4 is 0 Å². The van der Waals surface area contributed by atoms with E-state index in [0.29, 0.717) is 48.5 Å². The molecule has 6 nitrogen and oxygen atoms in total. The molecule has 1 unspecified atom stereocenters. The van der Waals surface area contributed by atoms with E-state index in [9.17, 15) is 0 Å². The van der Waals surface area contributed by atoms with Crippen LogP contribution in [0, 0.1) is 0 Å². The fourth-order valence-electron chi connectivity index (χ4n) is 6.33. The van der Waals surface area contributed by atoms with Gasteiger partial charge in [0, 0.05) is 55.4 Å². The van der Waals surface area contributed by atoms with Gasteiger partial charge in [-0.25, -0.2) is 0 Å². The van der Waals surface area contributed by atoms with Crippen LogP contribution in [0.2, 0.25) is 0 Å². The van der Waals surface area contributed by atoms with E-state index in [1.807, 2.05) is 0 Å². The van der Waals surface area contributed by atoms with Crippen molar-refractivity contribution in [3.8, 4) is 0 Å². The van der Waals surface area contributed by atoms with Crippen LogP contribution in [0.25, 0.3) is 0 Å². The van der Waals surface area contributed by atoms with Crippen molar-refractivity contribution in [2.75, 3.05) is 39.5 Å². The van der Waals surface area contributed by atoms with E-state index in [1.54, 1.807) is 0 Å². The molecule has 0 bridgehead atoms. The Morgan fingerprint density at radius 3 is 2.06 bits per heavy atom. The van der Waals surface area contributed by atoms with E-state index in [1.165, 1.54) is 6.42 Å². The summed E-state index contributed by atoms with van der Waals surface area (Å²) in [5, 5.41) is 0. The van der Waals surface area contributed by atoms with Crippen molar-refractivity contribution in [1.29, 1.82) is 0 Å². The molecule has 6 heteroatoms. The summed E-state index contributed by atoms with van der Waals surface area (Å²) in [5.74, 6) is 0. The number of nitrogens with zero attached hydrogens (tertiary/aromatic N) is 3. The highest BCUT2D eigenvalue weighted by atomic mass is 16.5. The second-order valence-electron chi connectivity index (χ2n) is 12.2. The van der Waals surface area contributed by atoms with Gasteiger partial charge >= 0.3 is 0 Å². The lowest BCUT2D eigenvalue weighted by Crippen LogP contribution is -2.60. The first-order valence-corrected chi connectivity index (χ1v) is 13.6. The van der Waals surface area contributed by atoms with E-state index in [0.717, 1.165) is 52.3 Å². The molecule has 3 heterocycles. The number of rotatable bonds is 8. The molecule has 3 saturated heterocycles. The third kappa shape index (κ3) is 7.14. The highest BCUT2D eigenvalue weighted by Crippen LogP contribution is 2.31. The van der Waals surface area contributed by atoms with Crippen LogP contribution in [0.4, 0.5) is 0 Å². The average Bonchev–Trinajstić information content (AvgIpc) is 2.75. The number of ether oxygens (including phenoxy) is 3. The lowest BCUT2D eigenvalue weighted by molar-refractivity contribution is -0.125. The van der Waals surface area contributed by atoms with Gasteiger partial charge in [0.2, 0.25) is 0 Å². The predicted molar refractivity (Wildman–Crippen MR) is 136 cm³/mol. The maximum Gasteiger partial charge on any atom is 0.0720 e. The molecule has 7 atom stereocenters. The molecule has 0 aromatic rings. The molecule has 0 aromatic heterocycles. The highest BCUT2D eigenvalue weighted by Gasteiger charge is 2.40. The summed E-state index contributed by atoms with van der Waals surface area (Å²) in [6, 6.07) is 2.59. The molecule has 0 spiro atoms. The van der Waals surface area contributed by atoms with E-state index >= 15 is 0 Å². The maximum atomic E-state index is 6.33. The van der Waals surface area contributed by atoms with E-state index in [2.05, 4.69) is 77.0 Å². The van der Waals surface area contributed by atoms with Gasteiger partial charge in [0.15, 0.2) is 0 Å². The molecule has 3 rings (SSSR count). The van der Waals surface area contributed by atoms with Crippen LogP contribution in [0.15, 0.2) is 0 Å². The Bertz CT molecular complexity index is 601. The number of hydrogen-bond acceptors (Lipinski definition) is 6. The quantitative estimate of drug-likeness (QED) is 0.537. The number of hydrogen-bond donors (Lipinski definition) is 0. The van der Waals surface area contributed by atoms with E-state index < -0.39 is 0 Å². The van der Waals surface area contributed by atoms with Gasteiger partial charge in [0.1, 0.15) is 0 Å². The Labute approximate surface area is 204 Å². The molecule has 33 heavy (non-hydrogen) atoms. The topological polar surface area (TPSA) is 37.4 Å². The van der Waals surface area contributed by atoms with Crippen LogP contribution in [-0.4, -0.2) is 108 Å². The maximum absolute atomic E-state index is 6.33. The van der Waals surface area contributed by atoms with Gasteiger partial charge in [0.05, 0.1) is 38.1 Å². The highest BCUT2D eigenvalue weighted by molar-refractivity contribution is 4.94. The molecule has 0 radical (unpaired) electrons. The minimum absolute atomic E-state index is 0.0924. The molecule has 3 aliphatic heterocycles. The minimum Gasteiger partial charge on any atom is -0.376 e. The average molecular weight is 468 g/mol. The van der Waals surface area contributed by atoms with Crippen LogP contribution >= 0.6 is 0 Å². The molecule has 3 aliphatic rings. The van der Waals surface area contributed by atoms with Crippen molar-refractivity contribution in [2.24, 2.45) is 0 Å². The summed E-state index contributed by atoms with van der Waals surface area (Å²) >= 11 is 0. The minimum atomic E-state index is 0.0924. The first-order chi connectivity index (χ1) is 15.5.